The number of carbonyl (C=O) groups is 2. The van der Waals surface area contributed by atoms with E-state index in [-0.39, 0.29) is 23.0 Å². The number of hydrogen-bond acceptors (Lipinski definition) is 3. The number of likely N-dealkylation sites (tertiary alicyclic amines) is 1. The highest BCUT2D eigenvalue weighted by atomic mass is 32.1. The highest BCUT2D eigenvalue weighted by Crippen LogP contribution is 2.18. The first-order valence-corrected chi connectivity index (χ1v) is 5.76. The van der Waals surface area contributed by atoms with E-state index < -0.39 is 0 Å². The fraction of sp³-hybridized carbons (Fsp3) is 0.800. The minimum absolute atomic E-state index is 0.0636. The second kappa shape index (κ2) is 5.39. The van der Waals surface area contributed by atoms with Crippen LogP contribution in [0.25, 0.3) is 0 Å². The molecule has 1 atom stereocenters. The number of nitrogens with one attached hydrogen (secondary N) is 1. The standard InChI is InChI=1S/C10H18N2O2S/c1-7(15)10(14)12-5-3-8(4-6-12)9(13)11-2/h7-8,15H,3-6H2,1-2H3,(H,11,13). The molecule has 0 spiro atoms. The van der Waals surface area contributed by atoms with Crippen molar-refractivity contribution in [3.63, 3.8) is 0 Å². The van der Waals surface area contributed by atoms with E-state index in [4.69, 9.17) is 0 Å². The molecule has 5 heteroatoms. The number of carbonyl (C=O) groups excluding carboxylic acids is 2. The van der Waals surface area contributed by atoms with Crippen molar-refractivity contribution in [2.45, 2.75) is 25.0 Å². The highest BCUT2D eigenvalue weighted by Gasteiger charge is 2.27. The molecule has 2 amide bonds. The fourth-order valence-electron chi connectivity index (χ4n) is 1.83. The lowest BCUT2D eigenvalue weighted by Crippen LogP contribution is -2.44. The van der Waals surface area contributed by atoms with Crippen LogP contribution < -0.4 is 5.32 Å². The Labute approximate surface area is 95.8 Å². The van der Waals surface area contributed by atoms with Crippen molar-refractivity contribution in [3.8, 4) is 0 Å². The predicted octanol–water partition coefficient (Wildman–Crippen LogP) is 0.289. The molecule has 0 aromatic rings. The van der Waals surface area contributed by atoms with Crippen LogP contribution in [-0.4, -0.2) is 42.1 Å². The summed E-state index contributed by atoms with van der Waals surface area (Å²) in [6.45, 7) is 3.11. The zero-order chi connectivity index (χ0) is 11.4. The quantitative estimate of drug-likeness (QED) is 0.670. The van der Waals surface area contributed by atoms with Gasteiger partial charge in [0.2, 0.25) is 11.8 Å². The van der Waals surface area contributed by atoms with Crippen LogP contribution in [0.2, 0.25) is 0 Å². The van der Waals surface area contributed by atoms with E-state index in [2.05, 4.69) is 17.9 Å². The number of rotatable bonds is 2. The average molecular weight is 230 g/mol. The van der Waals surface area contributed by atoms with E-state index in [1.54, 1.807) is 18.9 Å². The Kier molecular flexibility index (Phi) is 4.45. The Morgan fingerprint density at radius 2 is 1.93 bits per heavy atom. The fourth-order valence-corrected chi connectivity index (χ4v) is 1.99. The summed E-state index contributed by atoms with van der Waals surface area (Å²) in [5.41, 5.74) is 0. The lowest BCUT2D eigenvalue weighted by Gasteiger charge is -2.32. The molecule has 1 aliphatic heterocycles. The van der Waals surface area contributed by atoms with Crippen LogP contribution >= 0.6 is 12.6 Å². The third-order valence-electron chi connectivity index (χ3n) is 2.78. The second-order valence-corrected chi connectivity index (χ2v) is 4.66. The smallest absolute Gasteiger partial charge is 0.235 e. The van der Waals surface area contributed by atoms with E-state index >= 15 is 0 Å². The van der Waals surface area contributed by atoms with Gasteiger partial charge in [0.15, 0.2) is 0 Å². The molecule has 4 nitrogen and oxygen atoms in total. The van der Waals surface area contributed by atoms with Crippen LogP contribution in [-0.2, 0) is 9.59 Å². The van der Waals surface area contributed by atoms with Gasteiger partial charge in [-0.3, -0.25) is 9.59 Å². The SMILES string of the molecule is CNC(=O)C1CCN(C(=O)C(C)S)CC1. The molecule has 1 fully saturated rings. The van der Waals surface area contributed by atoms with Gasteiger partial charge in [0.25, 0.3) is 0 Å². The van der Waals surface area contributed by atoms with Gasteiger partial charge in [0, 0.05) is 26.1 Å². The van der Waals surface area contributed by atoms with E-state index in [9.17, 15) is 9.59 Å². The molecular formula is C10H18N2O2S. The minimum Gasteiger partial charge on any atom is -0.359 e. The Balaban J connectivity index is 2.42. The molecule has 0 bridgehead atoms. The van der Waals surface area contributed by atoms with Crippen molar-refractivity contribution < 1.29 is 9.59 Å². The van der Waals surface area contributed by atoms with Crippen molar-refractivity contribution in [1.82, 2.24) is 10.2 Å². The molecule has 1 rings (SSSR count). The number of nitrogens with zero attached hydrogens (tertiary/aromatic N) is 1. The molecule has 0 aromatic heterocycles. The maximum Gasteiger partial charge on any atom is 0.235 e. The molecule has 15 heavy (non-hydrogen) atoms. The monoisotopic (exact) mass is 230 g/mol. The lowest BCUT2D eigenvalue weighted by atomic mass is 9.96. The molecule has 1 N–H and O–H groups in total. The third kappa shape index (κ3) is 3.12. The summed E-state index contributed by atoms with van der Waals surface area (Å²) in [7, 11) is 1.65. The summed E-state index contributed by atoms with van der Waals surface area (Å²) in [5, 5.41) is 2.40. The van der Waals surface area contributed by atoms with Crippen LogP contribution in [0.3, 0.4) is 0 Å². The van der Waals surface area contributed by atoms with Crippen LogP contribution in [0.15, 0.2) is 0 Å². The summed E-state index contributed by atoms with van der Waals surface area (Å²) in [5.74, 6) is 0.212. The number of amides is 2. The van der Waals surface area contributed by atoms with Gasteiger partial charge in [-0.15, -0.1) is 0 Å². The van der Waals surface area contributed by atoms with Gasteiger partial charge in [-0.2, -0.15) is 12.6 Å². The number of piperidine rings is 1. The molecule has 0 saturated carbocycles. The van der Waals surface area contributed by atoms with Gasteiger partial charge in [-0.25, -0.2) is 0 Å². The highest BCUT2D eigenvalue weighted by molar-refractivity contribution is 7.81. The van der Waals surface area contributed by atoms with Gasteiger partial charge in [0.05, 0.1) is 5.25 Å². The van der Waals surface area contributed by atoms with Crippen molar-refractivity contribution in [2.75, 3.05) is 20.1 Å². The number of thiol groups is 1. The van der Waals surface area contributed by atoms with E-state index in [1.807, 2.05) is 0 Å². The molecular weight excluding hydrogens is 212 g/mol. The van der Waals surface area contributed by atoms with Gasteiger partial charge in [-0.05, 0) is 19.8 Å². The first-order chi connectivity index (χ1) is 7.06. The Morgan fingerprint density at radius 3 is 2.33 bits per heavy atom. The molecule has 0 aromatic carbocycles. The first kappa shape index (κ1) is 12.4. The summed E-state index contributed by atoms with van der Waals surface area (Å²) in [6, 6.07) is 0. The molecule has 0 aliphatic carbocycles. The zero-order valence-electron chi connectivity index (χ0n) is 9.19. The largest absolute Gasteiger partial charge is 0.359 e. The van der Waals surface area contributed by atoms with Crippen LogP contribution in [0, 0.1) is 5.92 Å². The van der Waals surface area contributed by atoms with Gasteiger partial charge < -0.3 is 10.2 Å². The lowest BCUT2D eigenvalue weighted by molar-refractivity contribution is -0.134. The molecule has 1 unspecified atom stereocenters. The molecule has 0 radical (unpaired) electrons. The zero-order valence-corrected chi connectivity index (χ0v) is 10.1. The summed E-state index contributed by atoms with van der Waals surface area (Å²) in [4.78, 5) is 24.7. The van der Waals surface area contributed by atoms with Crippen LogP contribution in [0.1, 0.15) is 19.8 Å². The van der Waals surface area contributed by atoms with Crippen LogP contribution in [0.5, 0.6) is 0 Å². The van der Waals surface area contributed by atoms with Crippen molar-refractivity contribution in [3.05, 3.63) is 0 Å². The maximum atomic E-state index is 11.6. The average Bonchev–Trinajstić information content (AvgIpc) is 2.27. The summed E-state index contributed by atoms with van der Waals surface area (Å²) in [6.07, 6.45) is 1.51. The molecule has 86 valence electrons. The van der Waals surface area contributed by atoms with Gasteiger partial charge in [0.1, 0.15) is 0 Å². The van der Waals surface area contributed by atoms with E-state index in [1.165, 1.54) is 0 Å². The van der Waals surface area contributed by atoms with Crippen molar-refractivity contribution >= 4 is 24.4 Å². The van der Waals surface area contributed by atoms with Crippen LogP contribution in [0.4, 0.5) is 0 Å². The predicted molar refractivity (Wildman–Crippen MR) is 61.8 cm³/mol. The Bertz CT molecular complexity index is 248. The Morgan fingerprint density at radius 1 is 1.40 bits per heavy atom. The first-order valence-electron chi connectivity index (χ1n) is 5.24. The van der Waals surface area contributed by atoms with Crippen molar-refractivity contribution in [2.24, 2.45) is 5.92 Å². The van der Waals surface area contributed by atoms with E-state index in [0.717, 1.165) is 12.8 Å². The normalized spacial score (nSPS) is 19.8. The maximum absolute atomic E-state index is 11.6. The second-order valence-electron chi connectivity index (χ2n) is 3.89. The number of hydrogen-bond donors (Lipinski definition) is 2. The molecule has 1 aliphatic rings. The van der Waals surface area contributed by atoms with Crippen molar-refractivity contribution in [1.29, 1.82) is 0 Å². The Hall–Kier alpha value is -0.710. The minimum atomic E-state index is -0.249. The molecule has 1 heterocycles. The summed E-state index contributed by atoms with van der Waals surface area (Å²) >= 11 is 4.11. The topological polar surface area (TPSA) is 49.4 Å². The van der Waals surface area contributed by atoms with Gasteiger partial charge in [-0.1, -0.05) is 0 Å². The van der Waals surface area contributed by atoms with E-state index in [0.29, 0.717) is 13.1 Å². The third-order valence-corrected chi connectivity index (χ3v) is 3.00. The van der Waals surface area contributed by atoms with Gasteiger partial charge >= 0.3 is 0 Å². The summed E-state index contributed by atoms with van der Waals surface area (Å²) < 4.78 is 0. The molecule has 1 saturated heterocycles.